The molecule has 11 heavy (non-hydrogen) atoms. The summed E-state index contributed by atoms with van der Waals surface area (Å²) in [6.45, 7) is 2.01. The van der Waals surface area contributed by atoms with Crippen LogP contribution in [0.5, 0.6) is 0 Å². The summed E-state index contributed by atoms with van der Waals surface area (Å²) < 4.78 is 36.2. The van der Waals surface area contributed by atoms with Crippen LogP contribution < -0.4 is 0 Å². The van der Waals surface area contributed by atoms with E-state index in [1.165, 1.54) is 6.54 Å². The molecule has 1 rings (SSSR count). The van der Waals surface area contributed by atoms with Crippen LogP contribution in [-0.4, -0.2) is 24.7 Å². The van der Waals surface area contributed by atoms with Gasteiger partial charge in [-0.15, -0.1) is 0 Å². The zero-order valence-electron chi connectivity index (χ0n) is 6.36. The van der Waals surface area contributed by atoms with Crippen LogP contribution in [0.15, 0.2) is 0 Å². The average Bonchev–Trinajstić information content (AvgIpc) is 1.86. The number of halogens is 3. The Kier molecular flexibility index (Phi) is 2.42. The zero-order valence-corrected chi connectivity index (χ0v) is 6.36. The lowest BCUT2D eigenvalue weighted by Crippen LogP contribution is -2.35. The highest BCUT2D eigenvalue weighted by Gasteiger charge is 2.41. The Morgan fingerprint density at radius 1 is 1.45 bits per heavy atom. The van der Waals surface area contributed by atoms with E-state index in [2.05, 4.69) is 0 Å². The molecule has 1 radical (unpaired) electrons. The maximum atomic E-state index is 12.1. The highest BCUT2D eigenvalue weighted by molar-refractivity contribution is 4.85. The van der Waals surface area contributed by atoms with Gasteiger partial charge in [0.25, 0.3) is 0 Å². The summed E-state index contributed by atoms with van der Waals surface area (Å²) in [7, 11) is 1.68. The SMILES string of the molecule is CN1[CH]C(C(F)(F)F)CCC1. The Balaban J connectivity index is 2.46. The molecule has 1 atom stereocenters. The normalized spacial score (nSPS) is 28.9. The number of hydrogen-bond acceptors (Lipinski definition) is 1. The second kappa shape index (κ2) is 3.01. The third-order valence-corrected chi connectivity index (χ3v) is 1.88. The highest BCUT2D eigenvalue weighted by Crippen LogP contribution is 2.34. The number of alkyl halides is 3. The molecular formula is C7H11F3N. The van der Waals surface area contributed by atoms with Crippen LogP contribution in [0.2, 0.25) is 0 Å². The summed E-state index contributed by atoms with van der Waals surface area (Å²) in [5, 5.41) is 0. The van der Waals surface area contributed by atoms with Crippen molar-refractivity contribution in [3.8, 4) is 0 Å². The van der Waals surface area contributed by atoms with Crippen molar-refractivity contribution < 1.29 is 13.2 Å². The van der Waals surface area contributed by atoms with Gasteiger partial charge < -0.3 is 4.90 Å². The fraction of sp³-hybridized carbons (Fsp3) is 0.857. The Bertz CT molecular complexity index is 132. The van der Waals surface area contributed by atoms with Gasteiger partial charge in [0.1, 0.15) is 0 Å². The van der Waals surface area contributed by atoms with Crippen LogP contribution in [0.3, 0.4) is 0 Å². The van der Waals surface area contributed by atoms with Gasteiger partial charge in [0.15, 0.2) is 0 Å². The molecule has 1 nitrogen and oxygen atoms in total. The van der Waals surface area contributed by atoms with Crippen molar-refractivity contribution in [2.45, 2.75) is 19.0 Å². The van der Waals surface area contributed by atoms with Crippen molar-refractivity contribution in [1.82, 2.24) is 4.90 Å². The first kappa shape index (κ1) is 8.84. The van der Waals surface area contributed by atoms with E-state index in [4.69, 9.17) is 0 Å². The van der Waals surface area contributed by atoms with E-state index >= 15 is 0 Å². The van der Waals surface area contributed by atoms with Crippen molar-refractivity contribution in [3.63, 3.8) is 0 Å². The van der Waals surface area contributed by atoms with E-state index in [-0.39, 0.29) is 6.42 Å². The van der Waals surface area contributed by atoms with Gasteiger partial charge in [-0.1, -0.05) is 0 Å². The molecule has 0 saturated carbocycles. The van der Waals surface area contributed by atoms with Crippen molar-refractivity contribution in [2.75, 3.05) is 13.6 Å². The zero-order chi connectivity index (χ0) is 8.48. The van der Waals surface area contributed by atoms with E-state index in [9.17, 15) is 13.2 Å². The Morgan fingerprint density at radius 3 is 2.45 bits per heavy atom. The van der Waals surface area contributed by atoms with E-state index in [1.54, 1.807) is 11.9 Å². The van der Waals surface area contributed by atoms with Gasteiger partial charge in [-0.3, -0.25) is 0 Å². The lowest BCUT2D eigenvalue weighted by molar-refractivity contribution is -0.175. The predicted molar refractivity (Wildman–Crippen MR) is 35.7 cm³/mol. The molecule has 1 aliphatic heterocycles. The van der Waals surface area contributed by atoms with Crippen LogP contribution in [0.4, 0.5) is 13.2 Å². The Labute approximate surface area is 64.2 Å². The van der Waals surface area contributed by atoms with Crippen molar-refractivity contribution >= 4 is 0 Å². The first-order valence-electron chi connectivity index (χ1n) is 3.62. The highest BCUT2D eigenvalue weighted by atomic mass is 19.4. The minimum absolute atomic E-state index is 0.244. The molecule has 65 valence electrons. The Morgan fingerprint density at radius 2 is 2.09 bits per heavy atom. The average molecular weight is 166 g/mol. The number of nitrogens with zero attached hydrogens (tertiary/aromatic N) is 1. The molecule has 1 aliphatic rings. The molecule has 0 aromatic heterocycles. The van der Waals surface area contributed by atoms with E-state index in [0.29, 0.717) is 6.42 Å². The molecule has 0 aliphatic carbocycles. The summed E-state index contributed by atoms with van der Waals surface area (Å²) in [6, 6.07) is 0. The lowest BCUT2D eigenvalue weighted by Gasteiger charge is -2.30. The molecule has 0 spiro atoms. The molecule has 0 aromatic carbocycles. The molecule has 1 saturated heterocycles. The van der Waals surface area contributed by atoms with Gasteiger partial charge >= 0.3 is 6.18 Å². The molecule has 1 heterocycles. The minimum atomic E-state index is -4.05. The van der Waals surface area contributed by atoms with Crippen LogP contribution >= 0.6 is 0 Å². The quantitative estimate of drug-likeness (QED) is 0.532. The standard InChI is InChI=1S/C7H11F3N/c1-11-4-2-3-6(5-11)7(8,9)10/h5-6H,2-4H2,1H3. The van der Waals surface area contributed by atoms with Crippen molar-refractivity contribution in [3.05, 3.63) is 6.54 Å². The number of piperidine rings is 1. The van der Waals surface area contributed by atoms with Gasteiger partial charge in [0.2, 0.25) is 0 Å². The monoisotopic (exact) mass is 166 g/mol. The molecule has 0 N–H and O–H groups in total. The van der Waals surface area contributed by atoms with E-state index in [1.807, 2.05) is 0 Å². The van der Waals surface area contributed by atoms with Crippen LogP contribution in [-0.2, 0) is 0 Å². The largest absolute Gasteiger partial charge is 0.393 e. The number of likely N-dealkylation sites (tertiary alicyclic amines) is 1. The lowest BCUT2D eigenvalue weighted by atomic mass is 9.98. The first-order chi connectivity index (χ1) is 5.00. The maximum Gasteiger partial charge on any atom is 0.393 e. The van der Waals surface area contributed by atoms with Gasteiger partial charge in [0.05, 0.1) is 5.92 Å². The van der Waals surface area contributed by atoms with Gasteiger partial charge in [0, 0.05) is 6.54 Å². The summed E-state index contributed by atoms with van der Waals surface area (Å²) in [6.07, 6.45) is -3.17. The molecule has 4 heteroatoms. The fourth-order valence-electron chi connectivity index (χ4n) is 1.27. The summed E-state index contributed by atoms with van der Waals surface area (Å²) in [4.78, 5) is 1.61. The molecular weight excluding hydrogens is 155 g/mol. The summed E-state index contributed by atoms with van der Waals surface area (Å²) in [5.41, 5.74) is 0. The smallest absolute Gasteiger partial charge is 0.301 e. The van der Waals surface area contributed by atoms with Gasteiger partial charge in [-0.2, -0.15) is 13.2 Å². The number of rotatable bonds is 0. The molecule has 1 unspecified atom stereocenters. The Hall–Kier alpha value is -0.250. The molecule has 0 aromatic rings. The maximum absolute atomic E-state index is 12.1. The topological polar surface area (TPSA) is 3.24 Å². The van der Waals surface area contributed by atoms with Crippen molar-refractivity contribution in [2.24, 2.45) is 5.92 Å². The van der Waals surface area contributed by atoms with Crippen LogP contribution in [0, 0.1) is 12.5 Å². The minimum Gasteiger partial charge on any atom is -0.301 e. The van der Waals surface area contributed by atoms with Gasteiger partial charge in [-0.05, 0) is 26.4 Å². The van der Waals surface area contributed by atoms with Crippen LogP contribution in [0.1, 0.15) is 12.8 Å². The summed E-state index contributed by atoms with van der Waals surface area (Å²) >= 11 is 0. The molecule has 1 fully saturated rings. The molecule has 0 amide bonds. The first-order valence-corrected chi connectivity index (χ1v) is 3.62. The third kappa shape index (κ3) is 2.36. The molecule has 0 bridgehead atoms. The summed E-state index contributed by atoms with van der Waals surface area (Å²) in [5.74, 6) is -1.22. The van der Waals surface area contributed by atoms with Crippen molar-refractivity contribution in [1.29, 1.82) is 0 Å². The van der Waals surface area contributed by atoms with Gasteiger partial charge in [-0.25, -0.2) is 0 Å². The van der Waals surface area contributed by atoms with E-state index in [0.717, 1.165) is 6.54 Å². The second-order valence-corrected chi connectivity index (χ2v) is 2.92. The fourth-order valence-corrected chi connectivity index (χ4v) is 1.27. The predicted octanol–water partition coefficient (Wildman–Crippen LogP) is 2.05. The third-order valence-electron chi connectivity index (χ3n) is 1.88. The van der Waals surface area contributed by atoms with Crippen LogP contribution in [0.25, 0.3) is 0 Å². The number of hydrogen-bond donors (Lipinski definition) is 0. The van der Waals surface area contributed by atoms with E-state index < -0.39 is 12.1 Å². The second-order valence-electron chi connectivity index (χ2n) is 2.92.